The maximum atomic E-state index is 13.3. The van der Waals surface area contributed by atoms with Gasteiger partial charge in [-0.3, -0.25) is 4.79 Å². The van der Waals surface area contributed by atoms with Crippen LogP contribution in [0.4, 0.5) is 4.39 Å². The van der Waals surface area contributed by atoms with Crippen molar-refractivity contribution in [3.63, 3.8) is 0 Å². The molecule has 0 bridgehead atoms. The molecule has 1 fully saturated rings. The van der Waals surface area contributed by atoms with E-state index in [9.17, 15) is 9.18 Å². The first-order valence-electron chi connectivity index (χ1n) is 11.7. The van der Waals surface area contributed by atoms with Gasteiger partial charge < -0.3 is 15.4 Å². The van der Waals surface area contributed by atoms with Crippen molar-refractivity contribution in [3.05, 3.63) is 95.5 Å². The van der Waals surface area contributed by atoms with Gasteiger partial charge in [-0.2, -0.15) is 5.10 Å². The molecule has 2 aromatic carbocycles. The summed E-state index contributed by atoms with van der Waals surface area (Å²) in [5, 5.41) is 4.11. The average molecular weight is 474 g/mol. The van der Waals surface area contributed by atoms with Gasteiger partial charge in [0.2, 0.25) is 0 Å². The van der Waals surface area contributed by atoms with Gasteiger partial charge in [0.15, 0.2) is 0 Å². The monoisotopic (exact) mass is 473 g/mol. The normalized spacial score (nSPS) is 23.5. The van der Waals surface area contributed by atoms with E-state index in [0.717, 1.165) is 17.6 Å². The van der Waals surface area contributed by atoms with Crippen molar-refractivity contribution in [2.24, 2.45) is 11.7 Å². The van der Waals surface area contributed by atoms with Crippen molar-refractivity contribution in [3.8, 4) is 5.75 Å². The Morgan fingerprint density at radius 1 is 1.23 bits per heavy atom. The molecule has 180 valence electrons. The van der Waals surface area contributed by atoms with Crippen LogP contribution < -0.4 is 10.5 Å². The van der Waals surface area contributed by atoms with Gasteiger partial charge in [-0.15, -0.1) is 5.73 Å². The second-order valence-corrected chi connectivity index (χ2v) is 9.50. The van der Waals surface area contributed by atoms with Gasteiger partial charge in [0, 0.05) is 41.6 Å². The van der Waals surface area contributed by atoms with Crippen LogP contribution in [0, 0.1) is 11.7 Å². The molecule has 0 radical (unpaired) electrons. The number of carbonyl (C=O) groups is 1. The molecule has 0 spiro atoms. The molecule has 0 saturated carbocycles. The average Bonchev–Trinajstić information content (AvgIpc) is 3.61. The number of likely N-dealkylation sites (tertiary alicyclic amines) is 1. The largest absolute Gasteiger partial charge is 0.493 e. The van der Waals surface area contributed by atoms with Gasteiger partial charge in [-0.05, 0) is 54.5 Å². The molecule has 8 heteroatoms. The Kier molecular flexibility index (Phi) is 6.24. The first-order valence-corrected chi connectivity index (χ1v) is 11.7. The molecule has 3 aromatic rings. The number of hydrogen-bond donors (Lipinski definition) is 1. The van der Waals surface area contributed by atoms with Gasteiger partial charge in [0.05, 0.1) is 13.2 Å². The molecule has 35 heavy (non-hydrogen) atoms. The number of benzene rings is 2. The smallest absolute Gasteiger partial charge is 0.253 e. The summed E-state index contributed by atoms with van der Waals surface area (Å²) in [6, 6.07) is 13.6. The van der Waals surface area contributed by atoms with E-state index in [4.69, 9.17) is 10.5 Å². The number of ether oxygens (including phenoxy) is 1. The molecule has 2 aliphatic rings. The molecule has 1 aliphatic carbocycles. The summed E-state index contributed by atoms with van der Waals surface area (Å²) in [7, 11) is 0. The van der Waals surface area contributed by atoms with E-state index in [2.05, 4.69) is 22.7 Å². The lowest BCUT2D eigenvalue weighted by Crippen LogP contribution is -2.33. The summed E-state index contributed by atoms with van der Waals surface area (Å²) in [6.45, 7) is 4.37. The van der Waals surface area contributed by atoms with Crippen LogP contribution in [0.1, 0.15) is 29.3 Å². The molecule has 1 unspecified atom stereocenters. The van der Waals surface area contributed by atoms with Crippen molar-refractivity contribution in [2.45, 2.75) is 31.3 Å². The predicted octanol–water partition coefficient (Wildman–Crippen LogP) is 3.34. The Balaban J connectivity index is 1.14. The molecule has 1 aliphatic heterocycles. The Morgan fingerprint density at radius 2 is 2.00 bits per heavy atom. The number of amides is 1. The summed E-state index contributed by atoms with van der Waals surface area (Å²) in [4.78, 5) is 18.9. The summed E-state index contributed by atoms with van der Waals surface area (Å²) in [5.74, 6) is 0.443. The fourth-order valence-corrected chi connectivity index (χ4v) is 4.76. The molecule has 7 nitrogen and oxygen atoms in total. The van der Waals surface area contributed by atoms with Crippen molar-refractivity contribution >= 4 is 5.91 Å². The summed E-state index contributed by atoms with van der Waals surface area (Å²) in [5.41, 5.74) is 12.1. The zero-order valence-corrected chi connectivity index (χ0v) is 19.6. The van der Waals surface area contributed by atoms with Crippen LogP contribution in [0.2, 0.25) is 0 Å². The van der Waals surface area contributed by atoms with Gasteiger partial charge in [-0.25, -0.2) is 14.1 Å². The van der Waals surface area contributed by atoms with Gasteiger partial charge in [0.25, 0.3) is 5.91 Å². The Morgan fingerprint density at radius 3 is 2.71 bits per heavy atom. The highest BCUT2D eigenvalue weighted by molar-refractivity contribution is 5.94. The minimum Gasteiger partial charge on any atom is -0.493 e. The number of nitrogens with zero attached hydrogens (tertiary/aromatic N) is 4. The fourth-order valence-electron chi connectivity index (χ4n) is 4.76. The first-order chi connectivity index (χ1) is 16.9. The van der Waals surface area contributed by atoms with Crippen LogP contribution in [0.15, 0.2) is 78.6 Å². The minimum atomic E-state index is -0.250. The molecule has 2 heterocycles. The molecule has 3 atom stereocenters. The molecule has 1 amide bonds. The van der Waals surface area contributed by atoms with Gasteiger partial charge in [0.1, 0.15) is 24.2 Å². The van der Waals surface area contributed by atoms with Crippen LogP contribution in [0.3, 0.4) is 0 Å². The quantitative estimate of drug-likeness (QED) is 0.532. The highest BCUT2D eigenvalue weighted by Gasteiger charge is 2.37. The Labute approximate surface area is 203 Å². The molecule has 1 aromatic heterocycles. The highest BCUT2D eigenvalue weighted by Crippen LogP contribution is 2.35. The topological polar surface area (TPSA) is 86.3 Å². The third-order valence-electron chi connectivity index (χ3n) is 6.99. The predicted molar refractivity (Wildman–Crippen MR) is 129 cm³/mol. The van der Waals surface area contributed by atoms with Crippen molar-refractivity contribution in [2.75, 3.05) is 19.7 Å². The first kappa shape index (κ1) is 23.0. The zero-order chi connectivity index (χ0) is 24.4. The fraction of sp³-hybridized carbons (Fsp3) is 0.333. The van der Waals surface area contributed by atoms with Crippen LogP contribution in [0.5, 0.6) is 5.75 Å². The van der Waals surface area contributed by atoms with E-state index in [1.807, 2.05) is 35.2 Å². The molecule has 2 N–H and O–H groups in total. The number of halogens is 1. The number of carbonyl (C=O) groups excluding carboxylic acids is 1. The number of nitrogens with two attached hydrogens (primary N) is 1. The van der Waals surface area contributed by atoms with E-state index in [1.165, 1.54) is 18.5 Å². The SMILES string of the molecule is C[C@]1(c2ccc(F)cc2)CCN(C(=O)c2ccc(OCC3C=C=C(Cn4cncn4)[C@H]3N)cc2)C1. The van der Waals surface area contributed by atoms with Crippen LogP contribution in [-0.2, 0) is 12.0 Å². The number of hydrogen-bond acceptors (Lipinski definition) is 5. The minimum absolute atomic E-state index is 0.00918. The lowest BCUT2D eigenvalue weighted by molar-refractivity contribution is 0.0784. The Hall–Kier alpha value is -3.74. The maximum absolute atomic E-state index is 13.3. The van der Waals surface area contributed by atoms with E-state index in [0.29, 0.717) is 37.6 Å². The highest BCUT2D eigenvalue weighted by atomic mass is 19.1. The second kappa shape index (κ2) is 9.49. The van der Waals surface area contributed by atoms with Crippen molar-refractivity contribution in [1.29, 1.82) is 0 Å². The van der Waals surface area contributed by atoms with E-state index in [-0.39, 0.29) is 29.1 Å². The van der Waals surface area contributed by atoms with E-state index >= 15 is 0 Å². The molecule has 1 saturated heterocycles. The maximum Gasteiger partial charge on any atom is 0.253 e. The van der Waals surface area contributed by atoms with Crippen LogP contribution in [-0.4, -0.2) is 51.3 Å². The third-order valence-corrected chi connectivity index (χ3v) is 6.99. The summed E-state index contributed by atoms with van der Waals surface area (Å²) >= 11 is 0. The lowest BCUT2D eigenvalue weighted by atomic mass is 9.82. The van der Waals surface area contributed by atoms with Crippen molar-refractivity contribution < 1.29 is 13.9 Å². The standard InChI is InChI=1S/C27H28FN5O2/c1-27(22-6-8-23(28)9-7-22)12-13-32(16-27)26(34)19-4-10-24(11-5-19)35-15-21-3-2-20(25(21)29)14-33-18-30-17-31-33/h3-11,17-18,21,25H,12-16,29H2,1H3/t21?,25-,27+/m1/s1. The molecular weight excluding hydrogens is 445 g/mol. The molecular formula is C27H28FN5O2. The zero-order valence-electron chi connectivity index (χ0n) is 19.6. The summed E-state index contributed by atoms with van der Waals surface area (Å²) in [6.07, 6.45) is 5.93. The number of rotatable bonds is 7. The van der Waals surface area contributed by atoms with Gasteiger partial charge >= 0.3 is 0 Å². The Bertz CT molecular complexity index is 1250. The summed E-state index contributed by atoms with van der Waals surface area (Å²) < 4.78 is 21.0. The van der Waals surface area contributed by atoms with Gasteiger partial charge in [-0.1, -0.05) is 19.1 Å². The van der Waals surface area contributed by atoms with Crippen molar-refractivity contribution in [1.82, 2.24) is 19.7 Å². The molecule has 5 rings (SSSR count). The number of aromatic nitrogens is 3. The second-order valence-electron chi connectivity index (χ2n) is 9.50. The van der Waals surface area contributed by atoms with Crippen LogP contribution in [0.25, 0.3) is 0 Å². The lowest BCUT2D eigenvalue weighted by Gasteiger charge is -2.25. The third kappa shape index (κ3) is 4.90. The van der Waals surface area contributed by atoms with Crippen LogP contribution >= 0.6 is 0 Å². The van der Waals surface area contributed by atoms with E-state index in [1.54, 1.807) is 23.1 Å². The van der Waals surface area contributed by atoms with E-state index < -0.39 is 0 Å².